The minimum Gasteiger partial charge on any atom is -0.369 e. The summed E-state index contributed by atoms with van der Waals surface area (Å²) in [5.74, 6) is 1.60. The Hall–Kier alpha value is -1.36. The number of nitrogens with zero attached hydrogens (tertiary/aromatic N) is 1. The van der Waals surface area contributed by atoms with Crippen LogP contribution in [0.2, 0.25) is 0 Å². The Labute approximate surface area is 114 Å². The fourth-order valence-corrected chi connectivity index (χ4v) is 2.70. The van der Waals surface area contributed by atoms with Crippen molar-refractivity contribution < 1.29 is 0 Å². The van der Waals surface area contributed by atoms with Gasteiger partial charge in [0.15, 0.2) is 0 Å². The summed E-state index contributed by atoms with van der Waals surface area (Å²) in [5.41, 5.74) is 5.99. The Morgan fingerprint density at radius 3 is 2.74 bits per heavy atom. The van der Waals surface area contributed by atoms with Gasteiger partial charge in [0, 0.05) is 18.5 Å². The van der Waals surface area contributed by atoms with E-state index in [0.29, 0.717) is 12.4 Å². The van der Waals surface area contributed by atoms with E-state index in [1.54, 1.807) is 0 Å². The zero-order valence-electron chi connectivity index (χ0n) is 11.8. The topological polar surface area (TPSA) is 83.8 Å². The molecule has 5 heteroatoms. The lowest BCUT2D eigenvalue weighted by Crippen LogP contribution is -2.35. The average Bonchev–Trinajstić information content (AvgIpc) is 2.85. The smallest absolute Gasteiger partial charge is 0.252 e. The SMILES string of the molecule is CC(C)c1nc(NCC2(CN)CCCC2)cc(=O)[nH]1. The summed E-state index contributed by atoms with van der Waals surface area (Å²) in [5, 5.41) is 3.30. The molecule has 1 aromatic rings. The van der Waals surface area contributed by atoms with Gasteiger partial charge in [-0.2, -0.15) is 0 Å². The van der Waals surface area contributed by atoms with Crippen molar-refractivity contribution in [1.82, 2.24) is 9.97 Å². The predicted molar refractivity (Wildman–Crippen MR) is 77.4 cm³/mol. The van der Waals surface area contributed by atoms with E-state index in [1.165, 1.54) is 18.9 Å². The highest BCUT2D eigenvalue weighted by Crippen LogP contribution is 2.37. The number of hydrogen-bond acceptors (Lipinski definition) is 4. The van der Waals surface area contributed by atoms with Crippen LogP contribution in [0.15, 0.2) is 10.9 Å². The van der Waals surface area contributed by atoms with Gasteiger partial charge in [-0.25, -0.2) is 4.98 Å². The maximum absolute atomic E-state index is 11.6. The number of anilines is 1. The van der Waals surface area contributed by atoms with Crippen molar-refractivity contribution in [2.75, 3.05) is 18.4 Å². The number of nitrogens with one attached hydrogen (secondary N) is 2. The first kappa shape index (κ1) is 14.1. The van der Waals surface area contributed by atoms with Gasteiger partial charge in [-0.05, 0) is 24.8 Å². The summed E-state index contributed by atoms with van der Waals surface area (Å²) in [4.78, 5) is 18.8. The zero-order chi connectivity index (χ0) is 13.9. The summed E-state index contributed by atoms with van der Waals surface area (Å²) in [6.07, 6.45) is 4.82. The van der Waals surface area contributed by atoms with E-state index >= 15 is 0 Å². The third kappa shape index (κ3) is 3.35. The van der Waals surface area contributed by atoms with E-state index in [0.717, 1.165) is 25.2 Å². The molecule has 1 aliphatic carbocycles. The molecule has 1 aliphatic rings. The molecule has 5 nitrogen and oxygen atoms in total. The highest BCUT2D eigenvalue weighted by atomic mass is 16.1. The van der Waals surface area contributed by atoms with Crippen LogP contribution in [0.3, 0.4) is 0 Å². The number of hydrogen-bond donors (Lipinski definition) is 3. The van der Waals surface area contributed by atoms with Crippen molar-refractivity contribution in [2.45, 2.75) is 45.4 Å². The summed E-state index contributed by atoms with van der Waals surface area (Å²) in [7, 11) is 0. The molecule has 1 heterocycles. The molecule has 0 aromatic carbocycles. The van der Waals surface area contributed by atoms with Gasteiger partial charge < -0.3 is 16.0 Å². The van der Waals surface area contributed by atoms with Crippen molar-refractivity contribution in [3.63, 3.8) is 0 Å². The molecule has 4 N–H and O–H groups in total. The summed E-state index contributed by atoms with van der Waals surface area (Å²) in [6.45, 7) is 5.53. The maximum atomic E-state index is 11.6. The molecular formula is C14H24N4O. The number of aromatic amines is 1. The first-order valence-electron chi connectivity index (χ1n) is 7.10. The lowest BCUT2D eigenvalue weighted by molar-refractivity contribution is 0.332. The number of nitrogens with two attached hydrogens (primary N) is 1. The maximum Gasteiger partial charge on any atom is 0.252 e. The van der Waals surface area contributed by atoms with Crippen LogP contribution in [-0.4, -0.2) is 23.1 Å². The van der Waals surface area contributed by atoms with E-state index in [9.17, 15) is 4.79 Å². The summed E-state index contributed by atoms with van der Waals surface area (Å²) < 4.78 is 0. The minimum atomic E-state index is -0.102. The Kier molecular flexibility index (Phi) is 4.24. The molecule has 0 saturated heterocycles. The van der Waals surface area contributed by atoms with Crippen LogP contribution in [-0.2, 0) is 0 Å². The second-order valence-electron chi connectivity index (χ2n) is 5.94. The fraction of sp³-hybridized carbons (Fsp3) is 0.714. The van der Waals surface area contributed by atoms with Gasteiger partial charge in [0.1, 0.15) is 11.6 Å². The number of rotatable bonds is 5. The van der Waals surface area contributed by atoms with Crippen molar-refractivity contribution in [3.8, 4) is 0 Å². The number of H-pyrrole nitrogens is 1. The molecule has 0 amide bonds. The molecule has 1 fully saturated rings. The summed E-state index contributed by atoms with van der Waals surface area (Å²) >= 11 is 0. The molecule has 0 spiro atoms. The lowest BCUT2D eigenvalue weighted by Gasteiger charge is -2.27. The lowest BCUT2D eigenvalue weighted by atomic mass is 9.86. The largest absolute Gasteiger partial charge is 0.369 e. The second kappa shape index (κ2) is 5.74. The second-order valence-corrected chi connectivity index (χ2v) is 5.94. The molecule has 0 aliphatic heterocycles. The molecular weight excluding hydrogens is 240 g/mol. The van der Waals surface area contributed by atoms with Gasteiger partial charge in [0.25, 0.3) is 5.56 Å². The first-order valence-corrected chi connectivity index (χ1v) is 7.10. The average molecular weight is 264 g/mol. The normalized spacial score (nSPS) is 17.9. The molecule has 0 bridgehead atoms. The molecule has 1 saturated carbocycles. The van der Waals surface area contributed by atoms with Crippen molar-refractivity contribution in [2.24, 2.45) is 11.1 Å². The third-order valence-electron chi connectivity index (χ3n) is 4.05. The Bertz CT molecular complexity index is 475. The van der Waals surface area contributed by atoms with Gasteiger partial charge in [-0.1, -0.05) is 26.7 Å². The van der Waals surface area contributed by atoms with E-state index in [2.05, 4.69) is 15.3 Å². The van der Waals surface area contributed by atoms with E-state index in [1.807, 2.05) is 13.8 Å². The molecule has 2 rings (SSSR count). The van der Waals surface area contributed by atoms with Crippen LogP contribution in [0, 0.1) is 5.41 Å². The van der Waals surface area contributed by atoms with Crippen molar-refractivity contribution in [1.29, 1.82) is 0 Å². The van der Waals surface area contributed by atoms with Crippen LogP contribution >= 0.6 is 0 Å². The highest BCUT2D eigenvalue weighted by Gasteiger charge is 2.32. The van der Waals surface area contributed by atoms with E-state index < -0.39 is 0 Å². The van der Waals surface area contributed by atoms with Crippen LogP contribution in [0.4, 0.5) is 5.82 Å². The van der Waals surface area contributed by atoms with Crippen LogP contribution in [0.5, 0.6) is 0 Å². The van der Waals surface area contributed by atoms with Crippen molar-refractivity contribution >= 4 is 5.82 Å². The molecule has 0 radical (unpaired) electrons. The quantitative estimate of drug-likeness (QED) is 0.757. The van der Waals surface area contributed by atoms with Gasteiger partial charge in [0.05, 0.1) is 0 Å². The van der Waals surface area contributed by atoms with Gasteiger partial charge in [0.2, 0.25) is 0 Å². The molecule has 19 heavy (non-hydrogen) atoms. The van der Waals surface area contributed by atoms with Gasteiger partial charge in [-0.15, -0.1) is 0 Å². The van der Waals surface area contributed by atoms with Gasteiger partial charge >= 0.3 is 0 Å². The van der Waals surface area contributed by atoms with Crippen molar-refractivity contribution in [3.05, 3.63) is 22.2 Å². The first-order chi connectivity index (χ1) is 9.04. The Balaban J connectivity index is 2.09. The van der Waals surface area contributed by atoms with Crippen LogP contribution in [0.25, 0.3) is 0 Å². The Morgan fingerprint density at radius 1 is 1.47 bits per heavy atom. The van der Waals surface area contributed by atoms with Crippen LogP contribution < -0.4 is 16.6 Å². The molecule has 0 unspecified atom stereocenters. The third-order valence-corrected chi connectivity index (χ3v) is 4.05. The zero-order valence-corrected chi connectivity index (χ0v) is 11.8. The van der Waals surface area contributed by atoms with Gasteiger partial charge in [-0.3, -0.25) is 4.79 Å². The van der Waals surface area contributed by atoms with Crippen LogP contribution in [0.1, 0.15) is 51.3 Å². The molecule has 106 valence electrons. The molecule has 0 atom stereocenters. The van der Waals surface area contributed by atoms with E-state index in [4.69, 9.17) is 5.73 Å². The summed E-state index contributed by atoms with van der Waals surface area (Å²) in [6, 6.07) is 1.52. The number of aromatic nitrogens is 2. The molecule has 1 aromatic heterocycles. The monoisotopic (exact) mass is 264 g/mol. The Morgan fingerprint density at radius 2 is 2.16 bits per heavy atom. The van der Waals surface area contributed by atoms with E-state index in [-0.39, 0.29) is 16.9 Å². The standard InChI is InChI=1S/C14H24N4O/c1-10(2)13-17-11(7-12(19)18-13)16-9-14(8-15)5-3-4-6-14/h7,10H,3-6,8-9,15H2,1-2H3,(H2,16,17,18,19). The predicted octanol–water partition coefficient (Wildman–Crippen LogP) is 1.82. The fourth-order valence-electron chi connectivity index (χ4n) is 2.70. The highest BCUT2D eigenvalue weighted by molar-refractivity contribution is 5.33. The minimum absolute atomic E-state index is 0.102.